The normalized spacial score (nSPS) is 15.6. The molecule has 1 N–H and O–H groups in total. The van der Waals surface area contributed by atoms with E-state index in [1.165, 1.54) is 24.3 Å². The number of aromatic nitrogens is 2. The van der Waals surface area contributed by atoms with E-state index in [4.69, 9.17) is 0 Å². The van der Waals surface area contributed by atoms with E-state index >= 15 is 0 Å². The fraction of sp³-hybridized carbons (Fsp3) is 0.222. The van der Waals surface area contributed by atoms with Gasteiger partial charge in [-0.25, -0.2) is 9.37 Å². The monoisotopic (exact) mass is 388 g/mol. The number of amides is 3. The van der Waals surface area contributed by atoms with E-state index < -0.39 is 22.9 Å². The summed E-state index contributed by atoms with van der Waals surface area (Å²) >= 11 is 0.737. The molecule has 0 unspecified atom stereocenters. The van der Waals surface area contributed by atoms with Crippen LogP contribution in [0, 0.1) is 5.82 Å². The van der Waals surface area contributed by atoms with E-state index in [0.717, 1.165) is 16.7 Å². The molecule has 2 aromatic rings. The predicted octanol–water partition coefficient (Wildman–Crippen LogP) is 2.27. The van der Waals surface area contributed by atoms with Gasteiger partial charge >= 0.3 is 0 Å². The largest absolute Gasteiger partial charge is 0.354 e. The van der Waals surface area contributed by atoms with Crippen molar-refractivity contribution in [2.24, 2.45) is 0 Å². The zero-order valence-corrected chi connectivity index (χ0v) is 15.1. The zero-order valence-electron chi connectivity index (χ0n) is 14.3. The van der Waals surface area contributed by atoms with Crippen LogP contribution in [0.5, 0.6) is 0 Å². The van der Waals surface area contributed by atoms with Crippen LogP contribution in [0.3, 0.4) is 0 Å². The van der Waals surface area contributed by atoms with Crippen molar-refractivity contribution in [3.8, 4) is 0 Å². The average molecular weight is 388 g/mol. The second-order valence-electron chi connectivity index (χ2n) is 5.83. The Morgan fingerprint density at radius 2 is 2.19 bits per heavy atom. The van der Waals surface area contributed by atoms with Crippen molar-refractivity contribution in [2.75, 3.05) is 13.1 Å². The van der Waals surface area contributed by atoms with Crippen molar-refractivity contribution in [3.05, 3.63) is 59.3 Å². The Kier molecular flexibility index (Phi) is 6.02. The number of carbonyl (C=O) groups is 3. The van der Waals surface area contributed by atoms with E-state index in [0.29, 0.717) is 25.1 Å². The highest BCUT2D eigenvalue weighted by atomic mass is 32.2. The molecule has 140 valence electrons. The molecule has 0 saturated carbocycles. The predicted molar refractivity (Wildman–Crippen MR) is 98.9 cm³/mol. The third-order valence-corrected chi connectivity index (χ3v) is 4.70. The summed E-state index contributed by atoms with van der Waals surface area (Å²) in [7, 11) is 0. The Bertz CT molecular complexity index is 882. The van der Waals surface area contributed by atoms with Gasteiger partial charge in [-0.3, -0.25) is 19.3 Å². The van der Waals surface area contributed by atoms with Gasteiger partial charge in [-0.05, 0) is 42.0 Å². The molecular formula is C18H17FN4O3S. The number of imide groups is 1. The van der Waals surface area contributed by atoms with Gasteiger partial charge in [-0.15, -0.1) is 0 Å². The number of nitrogens with one attached hydrogen (secondary N) is 1. The number of rotatable bonds is 7. The van der Waals surface area contributed by atoms with Crippen molar-refractivity contribution >= 4 is 34.9 Å². The molecule has 3 rings (SSSR count). The van der Waals surface area contributed by atoms with Crippen LogP contribution in [-0.2, 0) is 16.1 Å². The van der Waals surface area contributed by atoms with E-state index in [9.17, 15) is 18.8 Å². The molecule has 9 heteroatoms. The standard InChI is InChI=1S/C18H17FN4O3S/c19-14-4-1-3-13(9-14)10-15-17(25)23(18(26)27-15)11-16(24)21-5-2-7-22-8-6-20-12-22/h1,3-4,6,8-10,12H,2,5,7,11H2,(H,21,24). The first-order chi connectivity index (χ1) is 13.0. The fourth-order valence-corrected chi connectivity index (χ4v) is 3.33. The van der Waals surface area contributed by atoms with E-state index in [1.54, 1.807) is 18.6 Å². The number of benzene rings is 1. The highest BCUT2D eigenvalue weighted by molar-refractivity contribution is 8.18. The van der Waals surface area contributed by atoms with Crippen molar-refractivity contribution in [1.82, 2.24) is 19.8 Å². The lowest BCUT2D eigenvalue weighted by Gasteiger charge is -2.12. The fourth-order valence-electron chi connectivity index (χ4n) is 2.49. The average Bonchev–Trinajstić information content (AvgIpc) is 3.23. The van der Waals surface area contributed by atoms with Crippen molar-refractivity contribution < 1.29 is 18.8 Å². The van der Waals surface area contributed by atoms with Crippen LogP contribution in [0.4, 0.5) is 9.18 Å². The molecule has 2 heterocycles. The molecule has 27 heavy (non-hydrogen) atoms. The first-order valence-electron chi connectivity index (χ1n) is 8.26. The lowest BCUT2D eigenvalue weighted by Crippen LogP contribution is -2.39. The molecule has 1 aromatic carbocycles. The maximum absolute atomic E-state index is 13.2. The first-order valence-corrected chi connectivity index (χ1v) is 9.08. The van der Waals surface area contributed by atoms with Crippen LogP contribution in [0.1, 0.15) is 12.0 Å². The molecular weight excluding hydrogens is 371 g/mol. The van der Waals surface area contributed by atoms with Crippen LogP contribution >= 0.6 is 11.8 Å². The molecule has 3 amide bonds. The highest BCUT2D eigenvalue weighted by Crippen LogP contribution is 2.31. The van der Waals surface area contributed by atoms with Gasteiger partial charge in [0.15, 0.2) is 0 Å². The Balaban J connectivity index is 1.51. The van der Waals surface area contributed by atoms with Crippen LogP contribution in [0.25, 0.3) is 6.08 Å². The van der Waals surface area contributed by atoms with Gasteiger partial charge < -0.3 is 9.88 Å². The minimum atomic E-state index is -0.553. The number of hydrogen-bond acceptors (Lipinski definition) is 5. The van der Waals surface area contributed by atoms with Crippen molar-refractivity contribution in [1.29, 1.82) is 0 Å². The molecule has 0 atom stereocenters. The third kappa shape index (κ3) is 5.04. The van der Waals surface area contributed by atoms with Crippen LogP contribution in [0.2, 0.25) is 0 Å². The van der Waals surface area contributed by atoms with Gasteiger partial charge in [-0.2, -0.15) is 0 Å². The topological polar surface area (TPSA) is 84.3 Å². The molecule has 0 bridgehead atoms. The highest BCUT2D eigenvalue weighted by Gasteiger charge is 2.36. The van der Waals surface area contributed by atoms with E-state index in [2.05, 4.69) is 10.3 Å². The molecule has 7 nitrogen and oxygen atoms in total. The summed E-state index contributed by atoms with van der Waals surface area (Å²) in [5.41, 5.74) is 0.476. The SMILES string of the molecule is O=C(CN1C(=O)SC(=Cc2cccc(F)c2)C1=O)NCCCn1ccnc1. The van der Waals surface area contributed by atoms with Gasteiger partial charge in [0.2, 0.25) is 5.91 Å². The number of nitrogens with zero attached hydrogens (tertiary/aromatic N) is 3. The van der Waals surface area contributed by atoms with Gasteiger partial charge in [-0.1, -0.05) is 12.1 Å². The quantitative estimate of drug-likeness (QED) is 0.581. The second kappa shape index (κ2) is 8.63. The summed E-state index contributed by atoms with van der Waals surface area (Å²) in [6.07, 6.45) is 7.33. The molecule has 0 aliphatic carbocycles. The summed E-state index contributed by atoms with van der Waals surface area (Å²) in [6, 6.07) is 5.70. The Morgan fingerprint density at radius 3 is 2.93 bits per heavy atom. The number of hydrogen-bond donors (Lipinski definition) is 1. The summed E-state index contributed by atoms with van der Waals surface area (Å²) in [5.74, 6) is -1.39. The molecule has 0 spiro atoms. The molecule has 1 fully saturated rings. The summed E-state index contributed by atoms with van der Waals surface area (Å²) in [4.78, 5) is 41.4. The molecule has 1 aromatic heterocycles. The zero-order chi connectivity index (χ0) is 19.2. The molecule has 0 radical (unpaired) electrons. The third-order valence-electron chi connectivity index (χ3n) is 3.80. The smallest absolute Gasteiger partial charge is 0.294 e. The lowest BCUT2D eigenvalue weighted by atomic mass is 10.2. The summed E-state index contributed by atoms with van der Waals surface area (Å²) in [5, 5.41) is 2.17. The van der Waals surface area contributed by atoms with E-state index in [1.807, 2.05) is 10.8 Å². The van der Waals surface area contributed by atoms with Gasteiger partial charge in [0.25, 0.3) is 11.1 Å². The number of thioether (sulfide) groups is 1. The van der Waals surface area contributed by atoms with Gasteiger partial charge in [0.1, 0.15) is 12.4 Å². The summed E-state index contributed by atoms with van der Waals surface area (Å²) < 4.78 is 15.1. The van der Waals surface area contributed by atoms with Gasteiger partial charge in [0, 0.05) is 25.5 Å². The number of imidazole rings is 1. The van der Waals surface area contributed by atoms with Gasteiger partial charge in [0.05, 0.1) is 11.2 Å². The van der Waals surface area contributed by atoms with Crippen LogP contribution < -0.4 is 5.32 Å². The van der Waals surface area contributed by atoms with Crippen molar-refractivity contribution in [2.45, 2.75) is 13.0 Å². The molecule has 1 saturated heterocycles. The number of aryl methyl sites for hydroxylation is 1. The number of halogens is 1. The molecule has 1 aliphatic rings. The lowest BCUT2D eigenvalue weighted by molar-refractivity contribution is -0.129. The van der Waals surface area contributed by atoms with Crippen molar-refractivity contribution in [3.63, 3.8) is 0 Å². The second-order valence-corrected chi connectivity index (χ2v) is 6.82. The van der Waals surface area contributed by atoms with E-state index in [-0.39, 0.29) is 11.4 Å². The number of carbonyl (C=O) groups excluding carboxylic acids is 3. The maximum atomic E-state index is 13.2. The Morgan fingerprint density at radius 1 is 1.33 bits per heavy atom. The van der Waals surface area contributed by atoms with Crippen LogP contribution in [0.15, 0.2) is 47.9 Å². The Labute approximate surface area is 159 Å². The minimum Gasteiger partial charge on any atom is -0.354 e. The Hall–Kier alpha value is -2.94. The minimum absolute atomic E-state index is 0.165. The van der Waals surface area contributed by atoms with Crippen LogP contribution in [-0.4, -0.2) is 44.6 Å². The summed E-state index contributed by atoms with van der Waals surface area (Å²) in [6.45, 7) is 0.792. The first kappa shape index (κ1) is 18.8. The maximum Gasteiger partial charge on any atom is 0.294 e. The molecule has 1 aliphatic heterocycles.